The van der Waals surface area contributed by atoms with Crippen molar-refractivity contribution >= 4 is 57.7 Å². The van der Waals surface area contributed by atoms with Crippen molar-refractivity contribution in [1.29, 1.82) is 0 Å². The summed E-state index contributed by atoms with van der Waals surface area (Å²) in [6, 6.07) is 21.3. The lowest BCUT2D eigenvalue weighted by atomic mass is 9.94. The number of carbonyl (C=O) groups excluding carboxylic acids is 5. The van der Waals surface area contributed by atoms with Crippen molar-refractivity contribution in [1.82, 2.24) is 15.0 Å². The normalized spacial score (nSPS) is 11.3. The van der Waals surface area contributed by atoms with Crippen LogP contribution in [0, 0.1) is 74.4 Å². The van der Waals surface area contributed by atoms with Gasteiger partial charge in [-0.25, -0.2) is 43.9 Å². The average Bonchev–Trinajstić information content (AvgIpc) is 1.85. The summed E-state index contributed by atoms with van der Waals surface area (Å²) in [5.41, 5.74) is 8.37. The standard InChI is InChI=1S/C17H18F2N2O2.C17H16F2N2O2.C12H8F2N2O.C11H13F2NO.C6H5F2N/c2*1-17(2,3)16(23)21-12-5-4-11(18)14(19)13(12)15(22)10-6-8-20-9-7-10;13-8-1-2-9(15)10(11(8)14)12(17)7-3-5-16-6-4-7;1-11(2,3)10(15)14-7-4-5-8(12)9(13)6-7;7-5-2-1-4(9)3-6(5)8/h4-9,15,22H,1-3H3,(H,21,23);4-9H,1-3H3,(H,21,23);1-6H,15H2;4-6H,1-3H3,(H,14,15);1-3H,9H2. The lowest BCUT2D eigenvalue weighted by Crippen LogP contribution is -2.28. The highest BCUT2D eigenvalue weighted by Crippen LogP contribution is 2.34. The van der Waals surface area contributed by atoms with E-state index in [0.717, 1.165) is 48.5 Å². The van der Waals surface area contributed by atoms with Gasteiger partial charge in [0.25, 0.3) is 0 Å². The number of aliphatic hydroxyl groups is 1. The van der Waals surface area contributed by atoms with E-state index in [1.807, 2.05) is 0 Å². The summed E-state index contributed by atoms with van der Waals surface area (Å²) in [5, 5.41) is 17.9. The maximum atomic E-state index is 14.2. The smallest absolute Gasteiger partial charge is 0.229 e. The minimum absolute atomic E-state index is 0.0353. The number of hydrogen-bond acceptors (Lipinski definition) is 11. The molecule has 0 radical (unpaired) electrons. The van der Waals surface area contributed by atoms with Crippen molar-refractivity contribution in [2.75, 3.05) is 27.4 Å². The van der Waals surface area contributed by atoms with Crippen LogP contribution in [0.4, 0.5) is 72.3 Å². The average molecular weight is 1220 g/mol. The number of anilines is 5. The number of benzene rings is 5. The highest BCUT2D eigenvalue weighted by molar-refractivity contribution is 6.14. The molecule has 8 aromatic rings. The first-order valence-corrected chi connectivity index (χ1v) is 25.8. The molecule has 458 valence electrons. The lowest BCUT2D eigenvalue weighted by Gasteiger charge is -2.22. The van der Waals surface area contributed by atoms with E-state index in [-0.39, 0.29) is 56.9 Å². The Hall–Kier alpha value is -9.84. The predicted molar refractivity (Wildman–Crippen MR) is 309 cm³/mol. The molecule has 0 fully saturated rings. The Labute approximate surface area is 494 Å². The molecular weight excluding hydrogens is 1150 g/mol. The largest absolute Gasteiger partial charge is 0.399 e. The Bertz CT molecular complexity index is 3730. The van der Waals surface area contributed by atoms with Gasteiger partial charge in [-0.3, -0.25) is 38.9 Å². The number of aliphatic hydroxyl groups excluding tert-OH is 1. The van der Waals surface area contributed by atoms with Crippen molar-refractivity contribution in [2.45, 2.75) is 68.4 Å². The summed E-state index contributed by atoms with van der Waals surface area (Å²) < 4.78 is 132. The Morgan fingerprint density at radius 3 is 1.23 bits per heavy atom. The van der Waals surface area contributed by atoms with Crippen LogP contribution in [-0.2, 0) is 14.4 Å². The topological polar surface area (TPSA) is 232 Å². The minimum Gasteiger partial charge on any atom is -0.399 e. The molecule has 14 nitrogen and oxygen atoms in total. The zero-order valence-electron chi connectivity index (χ0n) is 48.2. The maximum absolute atomic E-state index is 14.2. The maximum Gasteiger partial charge on any atom is 0.229 e. The molecule has 3 amide bonds. The van der Waals surface area contributed by atoms with Crippen molar-refractivity contribution in [3.8, 4) is 0 Å². The molecule has 0 bridgehead atoms. The van der Waals surface area contributed by atoms with Gasteiger partial charge in [0, 0.05) is 93.2 Å². The molecule has 3 heterocycles. The first-order chi connectivity index (χ1) is 40.5. The van der Waals surface area contributed by atoms with Crippen molar-refractivity contribution < 1.29 is 73.0 Å². The van der Waals surface area contributed by atoms with E-state index < -0.39 is 109 Å². The summed E-state index contributed by atoms with van der Waals surface area (Å²) in [6.07, 6.45) is 6.97. The SMILES string of the molecule is CC(C)(C)C(=O)Nc1ccc(F)c(F)c1.CC(C)(C)C(=O)Nc1ccc(F)c(F)c1C(=O)c1ccncc1.CC(C)(C)C(=O)Nc1ccc(F)c(F)c1C(O)c1ccncc1.Nc1ccc(F)c(F)c1.Nc1ccc(F)c(F)c1C(=O)c1ccncc1. The molecule has 0 aliphatic rings. The van der Waals surface area contributed by atoms with E-state index >= 15 is 0 Å². The van der Waals surface area contributed by atoms with Crippen LogP contribution < -0.4 is 27.4 Å². The molecule has 8 rings (SSSR count). The summed E-state index contributed by atoms with van der Waals surface area (Å²) in [6.45, 7) is 15.3. The molecule has 1 unspecified atom stereocenters. The number of pyridine rings is 3. The highest BCUT2D eigenvalue weighted by Gasteiger charge is 2.29. The lowest BCUT2D eigenvalue weighted by molar-refractivity contribution is -0.123. The predicted octanol–water partition coefficient (Wildman–Crippen LogP) is 13.7. The van der Waals surface area contributed by atoms with E-state index in [4.69, 9.17) is 11.5 Å². The quantitative estimate of drug-likeness (QED) is 0.0452. The van der Waals surface area contributed by atoms with Gasteiger partial charge in [0.05, 0.1) is 22.5 Å². The van der Waals surface area contributed by atoms with Gasteiger partial charge in [-0.05, 0) is 109 Å². The second kappa shape index (κ2) is 30.3. The molecule has 0 saturated heterocycles. The van der Waals surface area contributed by atoms with Crippen LogP contribution in [0.2, 0.25) is 0 Å². The van der Waals surface area contributed by atoms with Gasteiger partial charge in [-0.2, -0.15) is 0 Å². The third-order valence-corrected chi connectivity index (χ3v) is 11.7. The van der Waals surface area contributed by atoms with Gasteiger partial charge < -0.3 is 32.5 Å². The number of carbonyl (C=O) groups is 5. The molecule has 8 N–H and O–H groups in total. The van der Waals surface area contributed by atoms with Crippen LogP contribution in [0.1, 0.15) is 111 Å². The molecule has 0 aliphatic carbocycles. The minimum atomic E-state index is -1.43. The fourth-order valence-electron chi connectivity index (χ4n) is 6.65. The van der Waals surface area contributed by atoms with Gasteiger partial charge in [0.15, 0.2) is 69.7 Å². The van der Waals surface area contributed by atoms with Crippen molar-refractivity contribution in [3.05, 3.63) is 238 Å². The number of nitrogens with two attached hydrogens (primary N) is 2. The third kappa shape index (κ3) is 19.9. The molecule has 3 aromatic heterocycles. The number of ketones is 2. The van der Waals surface area contributed by atoms with Crippen LogP contribution >= 0.6 is 0 Å². The first-order valence-electron chi connectivity index (χ1n) is 25.8. The number of hydrogen-bond donors (Lipinski definition) is 6. The van der Waals surface area contributed by atoms with Crippen LogP contribution in [0.3, 0.4) is 0 Å². The van der Waals surface area contributed by atoms with E-state index in [2.05, 4.69) is 30.9 Å². The van der Waals surface area contributed by atoms with Crippen LogP contribution in [0.5, 0.6) is 0 Å². The molecular formula is C63H60F10N8O6. The zero-order valence-corrected chi connectivity index (χ0v) is 48.2. The third-order valence-electron chi connectivity index (χ3n) is 11.7. The molecule has 5 aromatic carbocycles. The van der Waals surface area contributed by atoms with E-state index in [9.17, 15) is 73.0 Å². The van der Waals surface area contributed by atoms with E-state index in [1.54, 1.807) is 62.3 Å². The van der Waals surface area contributed by atoms with Gasteiger partial charge in [-0.15, -0.1) is 0 Å². The fraction of sp³-hybridized carbons (Fsp3) is 0.206. The molecule has 0 spiro atoms. The number of nitrogen functional groups attached to an aromatic ring is 2. The number of aromatic nitrogens is 3. The Kier molecular flexibility index (Phi) is 24.3. The second-order valence-corrected chi connectivity index (χ2v) is 21.7. The van der Waals surface area contributed by atoms with Crippen LogP contribution in [-0.4, -0.2) is 49.3 Å². The Morgan fingerprint density at radius 1 is 0.414 bits per heavy atom. The molecule has 0 saturated carbocycles. The van der Waals surface area contributed by atoms with E-state index in [0.29, 0.717) is 5.56 Å². The molecule has 1 atom stereocenters. The molecule has 0 aliphatic heterocycles. The fourth-order valence-corrected chi connectivity index (χ4v) is 6.65. The number of amides is 3. The van der Waals surface area contributed by atoms with Gasteiger partial charge in [-0.1, -0.05) is 62.3 Å². The molecule has 87 heavy (non-hydrogen) atoms. The Morgan fingerprint density at radius 2 is 0.782 bits per heavy atom. The summed E-state index contributed by atoms with van der Waals surface area (Å²) in [7, 11) is 0. The van der Waals surface area contributed by atoms with Crippen molar-refractivity contribution in [3.63, 3.8) is 0 Å². The molecule has 24 heteroatoms. The number of rotatable bonds is 9. The number of halogens is 10. The first kappa shape index (κ1) is 69.7. The summed E-state index contributed by atoms with van der Waals surface area (Å²) >= 11 is 0. The van der Waals surface area contributed by atoms with E-state index in [1.165, 1.54) is 97.8 Å². The van der Waals surface area contributed by atoms with Gasteiger partial charge >= 0.3 is 0 Å². The number of nitrogens with one attached hydrogen (secondary N) is 3. The van der Waals surface area contributed by atoms with Gasteiger partial charge in [0.1, 0.15) is 6.10 Å². The monoisotopic (exact) mass is 1210 g/mol. The van der Waals surface area contributed by atoms with Crippen LogP contribution in [0.25, 0.3) is 0 Å². The number of nitrogens with zero attached hydrogens (tertiary/aromatic N) is 3. The summed E-state index contributed by atoms with van der Waals surface area (Å²) in [5.74, 6) is -13.2. The zero-order chi connectivity index (χ0) is 65.3. The van der Waals surface area contributed by atoms with Gasteiger partial charge in [0.2, 0.25) is 17.7 Å². The van der Waals surface area contributed by atoms with Crippen LogP contribution in [0.15, 0.2) is 146 Å². The highest BCUT2D eigenvalue weighted by atomic mass is 19.2. The summed E-state index contributed by atoms with van der Waals surface area (Å²) in [4.78, 5) is 71.5. The van der Waals surface area contributed by atoms with Crippen molar-refractivity contribution in [2.24, 2.45) is 16.2 Å². The Balaban J connectivity index is 0.000000240. The second-order valence-electron chi connectivity index (χ2n) is 21.7.